The zero-order valence-corrected chi connectivity index (χ0v) is 9.93. The van der Waals surface area contributed by atoms with Crippen LogP contribution in [0.1, 0.15) is 25.3 Å². The van der Waals surface area contributed by atoms with Gasteiger partial charge in [-0.05, 0) is 18.4 Å². The number of benzene rings is 1. The van der Waals surface area contributed by atoms with Gasteiger partial charge in [0, 0.05) is 6.07 Å². The average molecular weight is 255 g/mol. The molecule has 0 aliphatic rings. The second-order valence-electron chi connectivity index (χ2n) is 4.04. The van der Waals surface area contributed by atoms with Gasteiger partial charge in [0.25, 0.3) is 0 Å². The Hall–Kier alpha value is -1.98. The van der Waals surface area contributed by atoms with Crippen LogP contribution in [0.4, 0.5) is 10.1 Å². The Morgan fingerprint density at radius 3 is 2.72 bits per heavy atom. The zero-order valence-electron chi connectivity index (χ0n) is 9.93. The Kier molecular flexibility index (Phi) is 4.76. The molecule has 18 heavy (non-hydrogen) atoms. The first-order valence-corrected chi connectivity index (χ1v) is 5.62. The number of nitrogens with zero attached hydrogens (tertiary/aromatic N) is 1. The third-order valence-corrected chi connectivity index (χ3v) is 2.71. The van der Waals surface area contributed by atoms with Crippen molar-refractivity contribution in [1.29, 1.82) is 0 Å². The predicted molar refractivity (Wildman–Crippen MR) is 62.8 cm³/mol. The van der Waals surface area contributed by atoms with Crippen LogP contribution in [-0.2, 0) is 11.2 Å². The van der Waals surface area contributed by atoms with Gasteiger partial charge in [0.05, 0.1) is 10.8 Å². The third kappa shape index (κ3) is 3.26. The van der Waals surface area contributed by atoms with E-state index in [0.29, 0.717) is 12.8 Å². The van der Waals surface area contributed by atoms with Crippen molar-refractivity contribution in [3.8, 4) is 0 Å². The lowest BCUT2D eigenvalue weighted by molar-refractivity contribution is -0.387. The second-order valence-corrected chi connectivity index (χ2v) is 4.04. The van der Waals surface area contributed by atoms with Crippen molar-refractivity contribution < 1.29 is 19.2 Å². The summed E-state index contributed by atoms with van der Waals surface area (Å²) in [5.41, 5.74) is -0.543. The summed E-state index contributed by atoms with van der Waals surface area (Å²) in [6.07, 6.45) is 1.04. The molecule has 0 saturated heterocycles. The van der Waals surface area contributed by atoms with Gasteiger partial charge in [-0.25, -0.2) is 0 Å². The molecule has 6 heteroatoms. The number of rotatable bonds is 6. The summed E-state index contributed by atoms with van der Waals surface area (Å²) in [6, 6.07) is 3.81. The van der Waals surface area contributed by atoms with Crippen molar-refractivity contribution in [3.63, 3.8) is 0 Å². The van der Waals surface area contributed by atoms with E-state index in [-0.39, 0.29) is 12.0 Å². The molecule has 0 aromatic heterocycles. The van der Waals surface area contributed by atoms with Crippen LogP contribution in [0.3, 0.4) is 0 Å². The van der Waals surface area contributed by atoms with Gasteiger partial charge in [0.2, 0.25) is 5.82 Å². The summed E-state index contributed by atoms with van der Waals surface area (Å²) in [7, 11) is 0. The number of carbonyl (C=O) groups is 1. The van der Waals surface area contributed by atoms with Crippen molar-refractivity contribution in [2.45, 2.75) is 26.2 Å². The molecule has 1 aromatic carbocycles. The first-order valence-electron chi connectivity index (χ1n) is 5.62. The van der Waals surface area contributed by atoms with Crippen molar-refractivity contribution in [3.05, 3.63) is 39.7 Å². The molecule has 0 saturated carbocycles. The number of carboxylic acids is 1. The van der Waals surface area contributed by atoms with Crippen LogP contribution in [0, 0.1) is 21.8 Å². The van der Waals surface area contributed by atoms with E-state index in [9.17, 15) is 19.3 Å². The number of hydrogen-bond donors (Lipinski definition) is 1. The summed E-state index contributed by atoms with van der Waals surface area (Å²) < 4.78 is 13.8. The van der Waals surface area contributed by atoms with E-state index in [4.69, 9.17) is 5.11 Å². The quantitative estimate of drug-likeness (QED) is 0.626. The minimum absolute atomic E-state index is 0.0311. The average Bonchev–Trinajstić information content (AvgIpc) is 2.30. The van der Waals surface area contributed by atoms with Crippen LogP contribution in [0.15, 0.2) is 18.2 Å². The Morgan fingerprint density at radius 1 is 1.56 bits per heavy atom. The highest BCUT2D eigenvalue weighted by molar-refractivity contribution is 5.70. The summed E-state index contributed by atoms with van der Waals surface area (Å²) in [5, 5.41) is 19.5. The van der Waals surface area contributed by atoms with E-state index in [1.54, 1.807) is 0 Å². The first kappa shape index (κ1) is 14.1. The van der Waals surface area contributed by atoms with Crippen LogP contribution >= 0.6 is 0 Å². The number of carboxylic acid groups (broad SMARTS) is 1. The molecule has 1 atom stereocenters. The van der Waals surface area contributed by atoms with E-state index >= 15 is 0 Å². The van der Waals surface area contributed by atoms with Gasteiger partial charge < -0.3 is 5.11 Å². The van der Waals surface area contributed by atoms with Crippen LogP contribution in [0.5, 0.6) is 0 Å². The number of hydrogen-bond acceptors (Lipinski definition) is 3. The van der Waals surface area contributed by atoms with Gasteiger partial charge >= 0.3 is 11.7 Å². The first-order chi connectivity index (χ1) is 8.47. The smallest absolute Gasteiger partial charge is 0.306 e. The zero-order chi connectivity index (χ0) is 13.7. The van der Waals surface area contributed by atoms with Crippen molar-refractivity contribution in [2.24, 2.45) is 5.92 Å². The topological polar surface area (TPSA) is 80.4 Å². The van der Waals surface area contributed by atoms with E-state index in [1.807, 2.05) is 6.92 Å². The van der Waals surface area contributed by atoms with Crippen LogP contribution in [-0.4, -0.2) is 16.0 Å². The van der Waals surface area contributed by atoms with E-state index in [0.717, 1.165) is 6.07 Å². The van der Waals surface area contributed by atoms with Gasteiger partial charge in [0.1, 0.15) is 0 Å². The fourth-order valence-corrected chi connectivity index (χ4v) is 1.79. The minimum atomic E-state index is -1.01. The minimum Gasteiger partial charge on any atom is -0.481 e. The fourth-order valence-electron chi connectivity index (χ4n) is 1.79. The monoisotopic (exact) mass is 255 g/mol. The number of nitro groups is 1. The molecule has 0 fully saturated rings. The van der Waals surface area contributed by atoms with Gasteiger partial charge in [-0.2, -0.15) is 4.39 Å². The largest absolute Gasteiger partial charge is 0.481 e. The lowest BCUT2D eigenvalue weighted by Gasteiger charge is -2.11. The molecule has 0 amide bonds. The fraction of sp³-hybridized carbons (Fsp3) is 0.417. The molecule has 0 aliphatic heterocycles. The summed E-state index contributed by atoms with van der Waals surface area (Å²) in [6.45, 7) is 1.83. The molecule has 98 valence electrons. The summed E-state index contributed by atoms with van der Waals surface area (Å²) in [5.74, 6) is -2.67. The Morgan fingerprint density at radius 2 is 2.22 bits per heavy atom. The van der Waals surface area contributed by atoms with E-state index in [1.165, 1.54) is 12.1 Å². The standard InChI is InChI=1S/C12H14FNO4/c1-2-4-9(12(15)16)7-8-5-3-6-10(11(8)13)14(17)18/h3,5-6,9H,2,4,7H2,1H3,(H,15,16). The SMILES string of the molecule is CCCC(Cc1cccc([N+](=O)[O-])c1F)C(=O)O. The Balaban J connectivity index is 2.99. The maximum atomic E-state index is 13.8. The Labute approximate surface area is 103 Å². The van der Waals surface area contributed by atoms with Crippen molar-refractivity contribution >= 4 is 11.7 Å². The lowest BCUT2D eigenvalue weighted by atomic mass is 9.94. The number of aliphatic carboxylic acids is 1. The predicted octanol–water partition coefficient (Wildman–Crippen LogP) is 2.78. The Bertz CT molecular complexity index is 461. The highest BCUT2D eigenvalue weighted by Gasteiger charge is 2.22. The maximum absolute atomic E-state index is 13.8. The summed E-state index contributed by atoms with van der Waals surface area (Å²) >= 11 is 0. The van der Waals surface area contributed by atoms with Gasteiger partial charge in [-0.15, -0.1) is 0 Å². The highest BCUT2D eigenvalue weighted by atomic mass is 19.1. The lowest BCUT2D eigenvalue weighted by Crippen LogP contribution is -2.17. The molecule has 1 rings (SSSR count). The molecular formula is C12H14FNO4. The molecule has 0 spiro atoms. The maximum Gasteiger partial charge on any atom is 0.306 e. The van der Waals surface area contributed by atoms with Crippen LogP contribution < -0.4 is 0 Å². The van der Waals surface area contributed by atoms with Crippen LogP contribution in [0.2, 0.25) is 0 Å². The van der Waals surface area contributed by atoms with Crippen LogP contribution in [0.25, 0.3) is 0 Å². The van der Waals surface area contributed by atoms with Crippen molar-refractivity contribution in [1.82, 2.24) is 0 Å². The molecule has 0 bridgehead atoms. The van der Waals surface area contributed by atoms with E-state index < -0.39 is 28.3 Å². The molecule has 1 N–H and O–H groups in total. The molecule has 0 heterocycles. The number of halogens is 1. The van der Waals surface area contributed by atoms with Gasteiger partial charge in [-0.1, -0.05) is 25.5 Å². The molecule has 0 aliphatic carbocycles. The second kappa shape index (κ2) is 6.09. The highest BCUT2D eigenvalue weighted by Crippen LogP contribution is 2.23. The van der Waals surface area contributed by atoms with Crippen molar-refractivity contribution in [2.75, 3.05) is 0 Å². The van der Waals surface area contributed by atoms with Gasteiger partial charge in [0.15, 0.2) is 0 Å². The normalized spacial score (nSPS) is 12.1. The molecular weight excluding hydrogens is 241 g/mol. The molecule has 5 nitrogen and oxygen atoms in total. The molecule has 0 radical (unpaired) electrons. The molecule has 1 aromatic rings. The van der Waals surface area contributed by atoms with Gasteiger partial charge in [-0.3, -0.25) is 14.9 Å². The number of nitro benzene ring substituents is 1. The molecule has 1 unspecified atom stereocenters. The third-order valence-electron chi connectivity index (χ3n) is 2.71. The summed E-state index contributed by atoms with van der Waals surface area (Å²) in [4.78, 5) is 20.7. The van der Waals surface area contributed by atoms with E-state index in [2.05, 4.69) is 0 Å².